The molecule has 15 nitrogen and oxygen atoms in total. The number of pyridine rings is 1. The number of nitrogens with zero attached hydrogens (tertiary/aromatic N) is 3. The first-order valence-electron chi connectivity index (χ1n) is 9.98. The molecule has 3 aromatic rings. The molecular formula is C21H25N5O10. The van der Waals surface area contributed by atoms with Crippen molar-refractivity contribution in [2.24, 2.45) is 12.8 Å². The van der Waals surface area contributed by atoms with Gasteiger partial charge in [0.25, 0.3) is 5.91 Å². The van der Waals surface area contributed by atoms with E-state index in [0.29, 0.717) is 5.52 Å². The third-order valence-electron chi connectivity index (χ3n) is 4.40. The fraction of sp³-hybridized carbons (Fsp3) is 0.286. The summed E-state index contributed by atoms with van der Waals surface area (Å²) in [6.45, 7) is 0.0417. The predicted octanol–water partition coefficient (Wildman–Crippen LogP) is -0.738. The van der Waals surface area contributed by atoms with Gasteiger partial charge in [-0.2, -0.15) is 0 Å². The molecule has 0 saturated heterocycles. The van der Waals surface area contributed by atoms with E-state index in [4.69, 9.17) is 31.3 Å². The molecule has 3 rings (SSSR count). The minimum absolute atomic E-state index is 0.0417. The van der Waals surface area contributed by atoms with Gasteiger partial charge in [0.15, 0.2) is 11.3 Å². The Hall–Kier alpha value is -4.63. The Morgan fingerprint density at radius 1 is 1.00 bits per heavy atom. The van der Waals surface area contributed by atoms with Gasteiger partial charge in [0, 0.05) is 12.4 Å². The number of likely N-dealkylation sites (N-methyl/N-ethyl adjacent to an activating group) is 1. The summed E-state index contributed by atoms with van der Waals surface area (Å²) < 4.78 is 1.87. The summed E-state index contributed by atoms with van der Waals surface area (Å²) >= 11 is 0. The summed E-state index contributed by atoms with van der Waals surface area (Å²) in [4.78, 5) is 59.9. The monoisotopic (exact) mass is 507 g/mol. The zero-order chi connectivity index (χ0) is 27.6. The van der Waals surface area contributed by atoms with E-state index < -0.39 is 48.2 Å². The van der Waals surface area contributed by atoms with Crippen molar-refractivity contribution in [1.82, 2.24) is 19.9 Å². The Morgan fingerprint density at radius 3 is 1.97 bits per heavy atom. The van der Waals surface area contributed by atoms with Gasteiger partial charge in [0.2, 0.25) is 0 Å². The van der Waals surface area contributed by atoms with Crippen molar-refractivity contribution in [3.8, 4) is 0 Å². The van der Waals surface area contributed by atoms with Crippen LogP contribution in [-0.4, -0.2) is 89.0 Å². The average Bonchev–Trinajstić information content (AvgIpc) is 3.14. The first-order chi connectivity index (χ1) is 16.7. The Bertz CT molecular complexity index is 1270. The van der Waals surface area contributed by atoms with Crippen LogP contribution in [0.2, 0.25) is 0 Å². The van der Waals surface area contributed by atoms with E-state index in [9.17, 15) is 24.0 Å². The molecule has 36 heavy (non-hydrogen) atoms. The van der Waals surface area contributed by atoms with Crippen molar-refractivity contribution in [3.05, 3.63) is 36.3 Å². The average molecular weight is 507 g/mol. The number of carbonyl (C=O) groups excluding carboxylic acids is 1. The van der Waals surface area contributed by atoms with E-state index in [1.54, 1.807) is 13.4 Å². The molecule has 194 valence electrons. The number of hydrogen-bond donors (Lipinski definition) is 7. The Labute approximate surface area is 202 Å². The van der Waals surface area contributed by atoms with Gasteiger partial charge < -0.3 is 41.2 Å². The molecule has 0 fully saturated rings. The molecule has 8 N–H and O–H groups in total. The number of nitrogens with one attached hydrogen (secondary N) is 1. The number of primary amides is 1. The van der Waals surface area contributed by atoms with Gasteiger partial charge in [-0.1, -0.05) is 18.2 Å². The number of carboxylic acids is 4. The minimum atomic E-state index is -2.74. The number of carboxylic acid groups (broad SMARTS) is 4. The zero-order valence-electron chi connectivity index (χ0n) is 19.2. The number of aliphatic hydroxyl groups is 1. The van der Waals surface area contributed by atoms with Crippen molar-refractivity contribution in [2.75, 3.05) is 13.6 Å². The molecule has 0 aliphatic rings. The maximum Gasteiger partial charge on any atom is 0.336 e. The normalized spacial score (nSPS) is 10.5. The molecule has 0 atom stereocenters. The summed E-state index contributed by atoms with van der Waals surface area (Å²) in [7, 11) is 3.47. The number of benzene rings is 1. The van der Waals surface area contributed by atoms with Crippen molar-refractivity contribution in [1.29, 1.82) is 0 Å². The van der Waals surface area contributed by atoms with Crippen LogP contribution in [-0.2, 0) is 26.2 Å². The number of para-hydroxylation sites is 1. The third kappa shape index (κ3) is 8.00. The van der Waals surface area contributed by atoms with E-state index in [1.165, 1.54) is 0 Å². The maximum absolute atomic E-state index is 11.4. The number of amides is 1. The molecule has 1 aromatic carbocycles. The molecule has 0 unspecified atom stereocenters. The number of aromatic nitrogens is 3. The lowest BCUT2D eigenvalue weighted by atomic mass is 9.96. The number of hydrogen-bond acceptors (Lipinski definition) is 9. The van der Waals surface area contributed by atoms with Gasteiger partial charge in [-0.15, -0.1) is 0 Å². The predicted molar refractivity (Wildman–Crippen MR) is 123 cm³/mol. The smallest absolute Gasteiger partial charge is 0.336 e. The number of carbonyl (C=O) groups is 5. The number of aliphatic carboxylic acids is 4. The number of rotatable bonds is 8. The molecular weight excluding hydrogens is 482 g/mol. The standard InChI is InChI=1S/C12H10N4O.C6H8O7.C3H7NO2/c1-16-6-14-9-10(12(13)17)15-8-5-3-2-4-7(8)11(9)16;7-3(8)1-6(13,5(11)12)2-4(9)10;1-4-2-3(5)6/h2-6H,1H3,(H2,13,17);13H,1-2H2,(H,7,8)(H,9,10)(H,11,12);4H,2H2,1H3,(H,5,6). The second-order valence-corrected chi connectivity index (χ2v) is 7.30. The number of nitrogens with two attached hydrogens (primary N) is 1. The fourth-order valence-electron chi connectivity index (χ4n) is 2.90. The van der Waals surface area contributed by atoms with Crippen LogP contribution >= 0.6 is 0 Å². The quantitative estimate of drug-likeness (QED) is 0.198. The Morgan fingerprint density at radius 2 is 1.56 bits per heavy atom. The summed E-state index contributed by atoms with van der Waals surface area (Å²) in [5.74, 6) is -6.40. The van der Waals surface area contributed by atoms with E-state index in [1.807, 2.05) is 35.9 Å². The summed E-state index contributed by atoms with van der Waals surface area (Å²) in [5.41, 5.74) is 4.99. The van der Waals surface area contributed by atoms with Crippen LogP contribution in [0.5, 0.6) is 0 Å². The van der Waals surface area contributed by atoms with Crippen LogP contribution in [0.25, 0.3) is 21.9 Å². The van der Waals surface area contributed by atoms with E-state index >= 15 is 0 Å². The highest BCUT2D eigenvalue weighted by molar-refractivity contribution is 6.11. The van der Waals surface area contributed by atoms with E-state index in [2.05, 4.69) is 15.3 Å². The lowest BCUT2D eigenvalue weighted by molar-refractivity contribution is -0.170. The maximum atomic E-state index is 11.4. The highest BCUT2D eigenvalue weighted by Crippen LogP contribution is 2.24. The summed E-state index contributed by atoms with van der Waals surface area (Å²) in [5, 5.41) is 45.1. The van der Waals surface area contributed by atoms with Crippen LogP contribution in [0.4, 0.5) is 0 Å². The first kappa shape index (κ1) is 29.4. The first-order valence-corrected chi connectivity index (χ1v) is 9.98. The topological polar surface area (TPSA) is 255 Å². The van der Waals surface area contributed by atoms with Crippen molar-refractivity contribution >= 4 is 51.7 Å². The van der Waals surface area contributed by atoms with Crippen molar-refractivity contribution in [2.45, 2.75) is 18.4 Å². The molecule has 0 radical (unpaired) electrons. The second-order valence-electron chi connectivity index (χ2n) is 7.30. The van der Waals surface area contributed by atoms with Crippen molar-refractivity contribution < 1.29 is 49.5 Å². The van der Waals surface area contributed by atoms with Crippen LogP contribution in [0.3, 0.4) is 0 Å². The molecule has 2 heterocycles. The number of aryl methyl sites for hydroxylation is 1. The SMILES string of the molecule is CNCC(=O)O.Cn1cnc2c(C(N)=O)nc3ccccc3c21.O=C(O)CC(O)(CC(=O)O)C(=O)O. The van der Waals surface area contributed by atoms with E-state index in [0.717, 1.165) is 16.4 Å². The lowest BCUT2D eigenvalue weighted by Gasteiger charge is -2.18. The number of imidazole rings is 1. The highest BCUT2D eigenvalue weighted by atomic mass is 16.4. The van der Waals surface area contributed by atoms with E-state index in [-0.39, 0.29) is 12.2 Å². The Kier molecular flexibility index (Phi) is 10.4. The van der Waals surface area contributed by atoms with Crippen LogP contribution in [0.15, 0.2) is 30.6 Å². The van der Waals surface area contributed by atoms with Gasteiger partial charge in [-0.25, -0.2) is 14.8 Å². The lowest BCUT2D eigenvalue weighted by Crippen LogP contribution is -2.42. The molecule has 1 amide bonds. The summed E-state index contributed by atoms with van der Waals surface area (Å²) in [6, 6.07) is 7.62. The van der Waals surface area contributed by atoms with Gasteiger partial charge in [0.05, 0.1) is 36.7 Å². The fourth-order valence-corrected chi connectivity index (χ4v) is 2.90. The largest absolute Gasteiger partial charge is 0.481 e. The molecule has 0 saturated carbocycles. The molecule has 0 aliphatic heterocycles. The molecule has 2 aromatic heterocycles. The second kappa shape index (κ2) is 12.7. The van der Waals surface area contributed by atoms with Gasteiger partial charge in [0.1, 0.15) is 5.52 Å². The third-order valence-corrected chi connectivity index (χ3v) is 4.40. The summed E-state index contributed by atoms with van der Waals surface area (Å²) in [6.07, 6.45) is -0.630. The van der Waals surface area contributed by atoms with Gasteiger partial charge >= 0.3 is 23.9 Å². The number of fused-ring (bicyclic) bond motifs is 3. The van der Waals surface area contributed by atoms with Gasteiger partial charge in [-0.05, 0) is 13.1 Å². The molecule has 0 spiro atoms. The van der Waals surface area contributed by atoms with Crippen LogP contribution < -0.4 is 11.1 Å². The minimum Gasteiger partial charge on any atom is -0.481 e. The van der Waals surface area contributed by atoms with Gasteiger partial charge in [-0.3, -0.25) is 19.2 Å². The van der Waals surface area contributed by atoms with Crippen molar-refractivity contribution in [3.63, 3.8) is 0 Å². The van der Waals surface area contributed by atoms with Crippen LogP contribution in [0.1, 0.15) is 23.3 Å². The zero-order valence-corrected chi connectivity index (χ0v) is 19.2. The molecule has 0 bridgehead atoms. The molecule has 0 aliphatic carbocycles. The Balaban J connectivity index is 0.000000304. The van der Waals surface area contributed by atoms with Crippen LogP contribution in [0, 0.1) is 0 Å². The molecule has 15 heteroatoms. The highest BCUT2D eigenvalue weighted by Gasteiger charge is 2.40.